The first kappa shape index (κ1) is 15.8. The summed E-state index contributed by atoms with van der Waals surface area (Å²) in [6.07, 6.45) is 3.09. The van der Waals surface area contributed by atoms with E-state index in [2.05, 4.69) is 5.32 Å². The van der Waals surface area contributed by atoms with Crippen molar-refractivity contribution >= 4 is 10.0 Å². The molecule has 2 saturated heterocycles. The lowest BCUT2D eigenvalue weighted by Crippen LogP contribution is -2.39. The van der Waals surface area contributed by atoms with Crippen molar-refractivity contribution in [3.8, 4) is 5.75 Å². The number of sulfonamides is 1. The van der Waals surface area contributed by atoms with Gasteiger partial charge in [-0.2, -0.15) is 4.31 Å². The zero-order valence-electron chi connectivity index (χ0n) is 13.4. The second-order valence-electron chi connectivity index (χ2n) is 6.40. The van der Waals surface area contributed by atoms with E-state index in [4.69, 9.17) is 4.74 Å². The van der Waals surface area contributed by atoms with Gasteiger partial charge < -0.3 is 10.1 Å². The van der Waals surface area contributed by atoms with Crippen LogP contribution >= 0.6 is 0 Å². The second-order valence-corrected chi connectivity index (χ2v) is 8.28. The van der Waals surface area contributed by atoms with E-state index in [-0.39, 0.29) is 6.04 Å². The van der Waals surface area contributed by atoms with Gasteiger partial charge in [-0.25, -0.2) is 8.42 Å². The largest absolute Gasteiger partial charge is 0.495 e. The fraction of sp³-hybridized carbons (Fsp3) is 0.625. The Balaban J connectivity index is 1.99. The number of hydrogen-bond donors (Lipinski definition) is 1. The van der Waals surface area contributed by atoms with Crippen LogP contribution in [0.4, 0.5) is 0 Å². The summed E-state index contributed by atoms with van der Waals surface area (Å²) in [6.45, 7) is 4.91. The average molecular weight is 324 g/mol. The van der Waals surface area contributed by atoms with Crippen LogP contribution in [0.1, 0.15) is 30.4 Å². The summed E-state index contributed by atoms with van der Waals surface area (Å²) in [5.41, 5.74) is 1.75. The highest BCUT2D eigenvalue weighted by molar-refractivity contribution is 7.89. The first-order valence-corrected chi connectivity index (χ1v) is 9.27. The maximum atomic E-state index is 13.1. The van der Waals surface area contributed by atoms with Gasteiger partial charge in [0.25, 0.3) is 0 Å². The molecule has 2 unspecified atom stereocenters. The summed E-state index contributed by atoms with van der Waals surface area (Å²) in [7, 11) is -2.00. The highest BCUT2D eigenvalue weighted by atomic mass is 32.2. The highest BCUT2D eigenvalue weighted by Crippen LogP contribution is 2.33. The lowest BCUT2D eigenvalue weighted by Gasteiger charge is -2.25. The molecule has 0 spiro atoms. The van der Waals surface area contributed by atoms with Crippen LogP contribution in [-0.2, 0) is 10.0 Å². The number of ether oxygens (including phenoxy) is 1. The van der Waals surface area contributed by atoms with Crippen molar-refractivity contribution in [2.24, 2.45) is 0 Å². The van der Waals surface area contributed by atoms with Crippen LogP contribution in [-0.4, -0.2) is 45.0 Å². The van der Waals surface area contributed by atoms with Gasteiger partial charge in [0.1, 0.15) is 10.6 Å². The monoisotopic (exact) mass is 324 g/mol. The Morgan fingerprint density at radius 3 is 2.64 bits per heavy atom. The number of rotatable bonds is 3. The van der Waals surface area contributed by atoms with Gasteiger partial charge in [0, 0.05) is 25.2 Å². The molecule has 1 aromatic carbocycles. The first-order chi connectivity index (χ1) is 10.4. The van der Waals surface area contributed by atoms with Crippen molar-refractivity contribution in [1.82, 2.24) is 9.62 Å². The number of fused-ring (bicyclic) bond motifs is 2. The van der Waals surface area contributed by atoms with Gasteiger partial charge in [-0.3, -0.25) is 0 Å². The molecule has 1 N–H and O–H groups in total. The minimum absolute atomic E-state index is 0.277. The predicted molar refractivity (Wildman–Crippen MR) is 85.8 cm³/mol. The van der Waals surface area contributed by atoms with E-state index in [0.29, 0.717) is 29.8 Å². The summed E-state index contributed by atoms with van der Waals surface area (Å²) >= 11 is 0. The fourth-order valence-corrected chi connectivity index (χ4v) is 5.50. The molecule has 0 saturated carbocycles. The molecule has 1 aromatic rings. The standard InChI is InChI=1S/C16H24N2O3S/c1-11-8-12(2)16(15(9-11)21-3)22(19,20)18-7-6-13-4-5-14(10-18)17-13/h8-9,13-14,17H,4-7,10H2,1-3H3. The predicted octanol–water partition coefficient (Wildman–Crippen LogP) is 1.83. The van der Waals surface area contributed by atoms with E-state index < -0.39 is 10.0 Å². The molecule has 0 aromatic heterocycles. The molecule has 2 bridgehead atoms. The van der Waals surface area contributed by atoms with Gasteiger partial charge in [0.2, 0.25) is 10.0 Å². The molecule has 0 radical (unpaired) electrons. The summed E-state index contributed by atoms with van der Waals surface area (Å²) in [4.78, 5) is 0.318. The van der Waals surface area contributed by atoms with Crippen molar-refractivity contribution in [3.05, 3.63) is 23.3 Å². The molecular weight excluding hydrogens is 300 g/mol. The fourth-order valence-electron chi connectivity index (χ4n) is 3.66. The van der Waals surface area contributed by atoms with Gasteiger partial charge in [0.05, 0.1) is 7.11 Å². The third-order valence-electron chi connectivity index (χ3n) is 4.69. The normalized spacial score (nSPS) is 26.0. The Labute approximate surface area is 132 Å². The molecule has 3 rings (SSSR count). The van der Waals surface area contributed by atoms with E-state index in [9.17, 15) is 8.42 Å². The molecule has 22 heavy (non-hydrogen) atoms. The smallest absolute Gasteiger partial charge is 0.247 e. The quantitative estimate of drug-likeness (QED) is 0.921. The molecule has 6 heteroatoms. The number of benzene rings is 1. The lowest BCUT2D eigenvalue weighted by molar-refractivity contribution is 0.372. The van der Waals surface area contributed by atoms with Gasteiger partial charge in [-0.05, 0) is 50.3 Å². The van der Waals surface area contributed by atoms with E-state index >= 15 is 0 Å². The van der Waals surface area contributed by atoms with Gasteiger partial charge in [0.15, 0.2) is 0 Å². The third kappa shape index (κ3) is 2.75. The van der Waals surface area contributed by atoms with Crippen LogP contribution in [0.15, 0.2) is 17.0 Å². The first-order valence-electron chi connectivity index (χ1n) is 7.83. The van der Waals surface area contributed by atoms with E-state index in [1.165, 1.54) is 7.11 Å². The molecule has 2 heterocycles. The van der Waals surface area contributed by atoms with Crippen molar-refractivity contribution < 1.29 is 13.2 Å². The number of nitrogens with zero attached hydrogens (tertiary/aromatic N) is 1. The minimum Gasteiger partial charge on any atom is -0.495 e. The second kappa shape index (κ2) is 5.83. The Kier molecular flexibility index (Phi) is 4.18. The Hall–Kier alpha value is -1.11. The number of hydrogen-bond acceptors (Lipinski definition) is 4. The topological polar surface area (TPSA) is 58.6 Å². The van der Waals surface area contributed by atoms with Crippen LogP contribution in [0.2, 0.25) is 0 Å². The molecule has 2 aliphatic heterocycles. The Bertz CT molecular complexity index is 672. The zero-order valence-corrected chi connectivity index (χ0v) is 14.2. The number of aryl methyl sites for hydroxylation is 2. The van der Waals surface area contributed by atoms with Gasteiger partial charge in [-0.15, -0.1) is 0 Å². The summed E-state index contributed by atoms with van der Waals surface area (Å²) < 4.78 is 33.3. The maximum Gasteiger partial charge on any atom is 0.247 e. The van der Waals surface area contributed by atoms with Crippen LogP contribution < -0.4 is 10.1 Å². The SMILES string of the molecule is COc1cc(C)cc(C)c1S(=O)(=O)N1CCC2CCC(C1)N2. The summed E-state index contributed by atoms with van der Waals surface area (Å²) in [5.74, 6) is 0.444. The summed E-state index contributed by atoms with van der Waals surface area (Å²) in [5, 5.41) is 3.52. The maximum absolute atomic E-state index is 13.1. The summed E-state index contributed by atoms with van der Waals surface area (Å²) in [6, 6.07) is 4.44. The van der Waals surface area contributed by atoms with Crippen LogP contribution in [0.5, 0.6) is 5.75 Å². The molecule has 2 fully saturated rings. The molecule has 5 nitrogen and oxygen atoms in total. The van der Waals surface area contributed by atoms with Crippen LogP contribution in [0.25, 0.3) is 0 Å². The van der Waals surface area contributed by atoms with Crippen molar-refractivity contribution in [1.29, 1.82) is 0 Å². The highest BCUT2D eigenvalue weighted by Gasteiger charge is 2.36. The minimum atomic E-state index is -3.53. The molecule has 122 valence electrons. The third-order valence-corrected chi connectivity index (χ3v) is 6.74. The average Bonchev–Trinajstić information content (AvgIpc) is 2.76. The van der Waals surface area contributed by atoms with E-state index in [0.717, 1.165) is 30.4 Å². The van der Waals surface area contributed by atoms with E-state index in [1.54, 1.807) is 10.4 Å². The van der Waals surface area contributed by atoms with Crippen molar-refractivity contribution in [2.75, 3.05) is 20.2 Å². The molecule has 0 aliphatic carbocycles. The Morgan fingerprint density at radius 1 is 1.18 bits per heavy atom. The van der Waals surface area contributed by atoms with Crippen LogP contribution in [0, 0.1) is 13.8 Å². The molecule has 2 atom stereocenters. The van der Waals surface area contributed by atoms with Gasteiger partial charge in [-0.1, -0.05) is 6.07 Å². The van der Waals surface area contributed by atoms with Crippen molar-refractivity contribution in [3.63, 3.8) is 0 Å². The number of methoxy groups -OCH3 is 1. The van der Waals surface area contributed by atoms with Crippen molar-refractivity contribution in [2.45, 2.75) is 50.1 Å². The molecular formula is C16H24N2O3S. The van der Waals surface area contributed by atoms with E-state index in [1.807, 2.05) is 19.9 Å². The van der Waals surface area contributed by atoms with Crippen LogP contribution in [0.3, 0.4) is 0 Å². The Morgan fingerprint density at radius 2 is 1.91 bits per heavy atom. The van der Waals surface area contributed by atoms with Gasteiger partial charge >= 0.3 is 0 Å². The number of nitrogens with one attached hydrogen (secondary N) is 1. The lowest BCUT2D eigenvalue weighted by atomic mass is 10.1. The zero-order chi connectivity index (χ0) is 15.9. The molecule has 2 aliphatic rings. The molecule has 0 amide bonds.